The van der Waals surface area contributed by atoms with E-state index < -0.39 is 28.0 Å². The number of carbonyl (C=O) groups excluding carboxylic acids is 1. The molecule has 2 aromatic heterocycles. The van der Waals surface area contributed by atoms with Gasteiger partial charge in [-0.05, 0) is 85.7 Å². The molecule has 1 amide bonds. The van der Waals surface area contributed by atoms with Gasteiger partial charge in [0.25, 0.3) is 0 Å². The molecule has 0 saturated carbocycles. The summed E-state index contributed by atoms with van der Waals surface area (Å²) in [6, 6.07) is 22.0. The van der Waals surface area contributed by atoms with Gasteiger partial charge >= 0.3 is 6.09 Å². The molecular formula is C34H28Cl2FN5O4S. The van der Waals surface area contributed by atoms with Gasteiger partial charge in [0.2, 0.25) is 15.9 Å². The maximum absolute atomic E-state index is 14.0. The standard InChI is InChI=1S/C34H28Cl2FN5O4S/c1-21-6-13-27(14-7-21)47(44,45)41-19-24(17-23-8-11-26(37)12-9-23)32-28(20-41)33(40-42(32)31-15-10-25(35)18-29(31)36)46-34(43)39-22(2)30-5-3-4-16-38-30/h3-18,22H,19-20H2,1-2H3,(H,39,43)/b24-17+. The quantitative estimate of drug-likeness (QED) is 0.188. The monoisotopic (exact) mass is 691 g/mol. The van der Waals surface area contributed by atoms with Crippen molar-refractivity contribution in [2.75, 3.05) is 6.54 Å². The molecule has 0 saturated heterocycles. The van der Waals surface area contributed by atoms with Crippen LogP contribution >= 0.6 is 23.2 Å². The lowest BCUT2D eigenvalue weighted by atomic mass is 10.0. The third-order valence-corrected chi connectivity index (χ3v) is 9.94. The zero-order valence-corrected chi connectivity index (χ0v) is 27.5. The molecule has 1 aliphatic rings. The molecule has 3 aromatic carbocycles. The van der Waals surface area contributed by atoms with Crippen molar-refractivity contribution >= 4 is 51.0 Å². The Bertz CT molecular complexity index is 2090. The molecule has 47 heavy (non-hydrogen) atoms. The molecule has 13 heteroatoms. The molecule has 0 spiro atoms. The molecule has 1 N–H and O–H groups in total. The second-order valence-electron chi connectivity index (χ2n) is 11.0. The Morgan fingerprint density at radius 2 is 1.77 bits per heavy atom. The summed E-state index contributed by atoms with van der Waals surface area (Å²) in [5, 5.41) is 8.06. The number of ether oxygens (including phenoxy) is 1. The van der Waals surface area contributed by atoms with Gasteiger partial charge in [-0.15, -0.1) is 5.10 Å². The van der Waals surface area contributed by atoms with Crippen LogP contribution in [0.15, 0.2) is 96.0 Å². The van der Waals surface area contributed by atoms with Crippen LogP contribution in [0.4, 0.5) is 9.18 Å². The maximum Gasteiger partial charge on any atom is 0.414 e. The molecule has 9 nitrogen and oxygen atoms in total. The Hall–Kier alpha value is -4.55. The second-order valence-corrected chi connectivity index (χ2v) is 13.7. The highest BCUT2D eigenvalue weighted by Gasteiger charge is 2.37. The largest absolute Gasteiger partial charge is 0.414 e. The molecule has 6 rings (SSSR count). The number of hydrogen-bond donors (Lipinski definition) is 1. The van der Waals surface area contributed by atoms with Gasteiger partial charge in [-0.2, -0.15) is 4.31 Å². The number of halogens is 3. The number of rotatable bonds is 7. The van der Waals surface area contributed by atoms with E-state index in [0.717, 1.165) is 5.56 Å². The first-order valence-electron chi connectivity index (χ1n) is 14.5. The van der Waals surface area contributed by atoms with E-state index >= 15 is 0 Å². The number of nitrogens with zero attached hydrogens (tertiary/aromatic N) is 4. The van der Waals surface area contributed by atoms with Gasteiger partial charge in [0, 0.05) is 24.3 Å². The summed E-state index contributed by atoms with van der Waals surface area (Å²) in [6.45, 7) is 3.38. The van der Waals surface area contributed by atoms with Crippen molar-refractivity contribution in [1.29, 1.82) is 0 Å². The molecule has 1 unspecified atom stereocenters. The maximum atomic E-state index is 14.0. The van der Waals surface area contributed by atoms with Gasteiger partial charge in [-0.3, -0.25) is 4.98 Å². The predicted molar refractivity (Wildman–Crippen MR) is 178 cm³/mol. The van der Waals surface area contributed by atoms with Gasteiger partial charge in [0.15, 0.2) is 0 Å². The fourth-order valence-corrected chi connectivity index (χ4v) is 7.09. The molecular weight excluding hydrogens is 664 g/mol. The lowest BCUT2D eigenvalue weighted by Gasteiger charge is -2.29. The van der Waals surface area contributed by atoms with Crippen LogP contribution in [0.5, 0.6) is 5.88 Å². The number of aryl methyl sites for hydroxylation is 1. The predicted octanol–water partition coefficient (Wildman–Crippen LogP) is 7.62. The summed E-state index contributed by atoms with van der Waals surface area (Å²) < 4.78 is 50.4. The normalized spacial score (nSPS) is 14.9. The summed E-state index contributed by atoms with van der Waals surface area (Å²) in [5.74, 6) is -0.537. The first-order valence-corrected chi connectivity index (χ1v) is 16.7. The van der Waals surface area contributed by atoms with Crippen molar-refractivity contribution in [3.05, 3.63) is 135 Å². The minimum atomic E-state index is -4.04. The first kappa shape index (κ1) is 32.4. The van der Waals surface area contributed by atoms with E-state index in [1.165, 1.54) is 21.1 Å². The third kappa shape index (κ3) is 6.93. The Kier molecular flexibility index (Phi) is 9.16. The first-order chi connectivity index (χ1) is 22.5. The molecule has 1 atom stereocenters. The summed E-state index contributed by atoms with van der Waals surface area (Å²) in [4.78, 5) is 17.6. The number of benzene rings is 3. The van der Waals surface area contributed by atoms with Crippen molar-refractivity contribution in [3.8, 4) is 11.6 Å². The van der Waals surface area contributed by atoms with Gasteiger partial charge in [-0.25, -0.2) is 22.3 Å². The summed E-state index contributed by atoms with van der Waals surface area (Å²) in [7, 11) is -4.04. The lowest BCUT2D eigenvalue weighted by molar-refractivity contribution is 0.194. The number of hydrogen-bond acceptors (Lipinski definition) is 6. The Morgan fingerprint density at radius 3 is 2.45 bits per heavy atom. The van der Waals surface area contributed by atoms with Crippen molar-refractivity contribution < 1.29 is 22.3 Å². The fourth-order valence-electron chi connectivity index (χ4n) is 5.21. The second kappa shape index (κ2) is 13.3. The number of pyridine rings is 1. The molecule has 0 radical (unpaired) electrons. The lowest BCUT2D eigenvalue weighted by Crippen LogP contribution is -2.36. The summed E-state index contributed by atoms with van der Waals surface area (Å²) in [5.41, 5.74) is 3.85. The average molecular weight is 693 g/mol. The van der Waals surface area contributed by atoms with E-state index in [2.05, 4.69) is 15.4 Å². The number of nitrogens with one attached hydrogen (secondary N) is 1. The highest BCUT2D eigenvalue weighted by molar-refractivity contribution is 7.89. The van der Waals surface area contributed by atoms with Crippen LogP contribution in [0, 0.1) is 12.7 Å². The van der Waals surface area contributed by atoms with Crippen LogP contribution in [-0.2, 0) is 16.6 Å². The van der Waals surface area contributed by atoms with E-state index in [4.69, 9.17) is 27.9 Å². The zero-order chi connectivity index (χ0) is 33.3. The number of sulfonamides is 1. The molecule has 0 fully saturated rings. The van der Waals surface area contributed by atoms with E-state index in [9.17, 15) is 17.6 Å². The smallest absolute Gasteiger partial charge is 0.389 e. The third-order valence-electron chi connectivity index (χ3n) is 7.59. The van der Waals surface area contributed by atoms with Crippen LogP contribution in [0.25, 0.3) is 17.3 Å². The van der Waals surface area contributed by atoms with Crippen LogP contribution in [0.2, 0.25) is 10.0 Å². The summed E-state index contributed by atoms with van der Waals surface area (Å²) in [6.07, 6.45) is 2.54. The average Bonchev–Trinajstić information content (AvgIpc) is 3.40. The van der Waals surface area contributed by atoms with Crippen molar-refractivity contribution in [2.24, 2.45) is 0 Å². The Balaban J connectivity index is 1.49. The van der Waals surface area contributed by atoms with Gasteiger partial charge in [0.1, 0.15) is 5.82 Å². The number of carbonyl (C=O) groups is 1. The van der Waals surface area contributed by atoms with E-state index in [-0.39, 0.29) is 28.9 Å². The molecule has 1 aliphatic heterocycles. The van der Waals surface area contributed by atoms with Crippen LogP contribution < -0.4 is 10.1 Å². The number of fused-ring (bicyclic) bond motifs is 1. The molecule has 240 valence electrons. The minimum Gasteiger partial charge on any atom is -0.389 e. The molecule has 0 aliphatic carbocycles. The van der Waals surface area contributed by atoms with Crippen LogP contribution in [0.1, 0.15) is 41.0 Å². The highest BCUT2D eigenvalue weighted by atomic mass is 35.5. The molecule has 3 heterocycles. The topological polar surface area (TPSA) is 106 Å². The highest BCUT2D eigenvalue weighted by Crippen LogP contribution is 2.40. The van der Waals surface area contributed by atoms with Crippen LogP contribution in [-0.4, -0.2) is 40.1 Å². The zero-order valence-electron chi connectivity index (χ0n) is 25.2. The van der Waals surface area contributed by atoms with E-state index in [0.29, 0.717) is 38.8 Å². The van der Waals surface area contributed by atoms with Crippen molar-refractivity contribution in [3.63, 3.8) is 0 Å². The van der Waals surface area contributed by atoms with E-state index in [1.54, 1.807) is 92.0 Å². The Labute approximate surface area is 281 Å². The van der Waals surface area contributed by atoms with Crippen LogP contribution in [0.3, 0.4) is 0 Å². The SMILES string of the molecule is Cc1ccc(S(=O)(=O)N2C/C(=C\c3ccc(F)cc3)c3c(c(OC(=O)NC(C)c4ccccn4)nn3-c3ccc(Cl)cc3Cl)C2)cc1. The van der Waals surface area contributed by atoms with Gasteiger partial charge in [0.05, 0.1) is 38.6 Å². The molecule has 5 aromatic rings. The van der Waals surface area contributed by atoms with Gasteiger partial charge < -0.3 is 10.1 Å². The van der Waals surface area contributed by atoms with Gasteiger partial charge in [-0.1, -0.05) is 59.1 Å². The number of amides is 1. The Morgan fingerprint density at radius 1 is 1.02 bits per heavy atom. The van der Waals surface area contributed by atoms with E-state index in [1.807, 2.05) is 6.92 Å². The van der Waals surface area contributed by atoms with Crippen molar-refractivity contribution in [1.82, 2.24) is 24.4 Å². The number of aromatic nitrogens is 3. The van der Waals surface area contributed by atoms with Crippen molar-refractivity contribution in [2.45, 2.75) is 31.3 Å². The summed E-state index contributed by atoms with van der Waals surface area (Å²) >= 11 is 12.8. The minimum absolute atomic E-state index is 0.0696. The fraction of sp³-hybridized carbons (Fsp3) is 0.147. The molecule has 0 bridgehead atoms.